The monoisotopic (exact) mass is 357 g/mol. The van der Waals surface area contributed by atoms with Gasteiger partial charge in [-0.1, -0.05) is 55.4 Å². The van der Waals surface area contributed by atoms with Crippen molar-refractivity contribution in [1.82, 2.24) is 0 Å². The molecule has 0 spiro atoms. The van der Waals surface area contributed by atoms with E-state index in [0.29, 0.717) is 0 Å². The molecule has 1 rings (SSSR count). The van der Waals surface area contributed by atoms with Crippen LogP contribution in [0.4, 0.5) is 0 Å². The van der Waals surface area contributed by atoms with Crippen molar-refractivity contribution in [3.8, 4) is 0 Å². The summed E-state index contributed by atoms with van der Waals surface area (Å²) < 4.78 is 4.68. The zero-order valence-electron chi connectivity index (χ0n) is 16.6. The minimum atomic E-state index is -0.670. The Labute approximate surface area is 157 Å². The lowest BCUT2D eigenvalue weighted by Gasteiger charge is -2.32. The number of hydrogen-bond donors (Lipinski definition) is 1. The molecule has 0 heterocycles. The first-order valence-electron chi connectivity index (χ1n) is 8.98. The van der Waals surface area contributed by atoms with Crippen molar-refractivity contribution < 1.29 is 14.3 Å². The van der Waals surface area contributed by atoms with Crippen molar-refractivity contribution in [2.75, 3.05) is 6.61 Å². The van der Waals surface area contributed by atoms with Crippen LogP contribution in [0.5, 0.6) is 0 Å². The molecule has 0 aromatic rings. The molecule has 26 heavy (non-hydrogen) atoms. The molecule has 1 aliphatic rings. The van der Waals surface area contributed by atoms with Gasteiger partial charge in [0.25, 0.3) is 5.91 Å². The number of allylic oxidation sites excluding steroid dienone is 9. The first kappa shape index (κ1) is 21.7. The van der Waals surface area contributed by atoms with E-state index in [1.165, 1.54) is 36.5 Å². The minimum absolute atomic E-state index is 0.236. The fraction of sp³-hybridized carbons (Fsp3) is 0.455. The zero-order valence-corrected chi connectivity index (χ0v) is 16.6. The molecule has 0 aromatic heterocycles. The number of carbonyl (C=O) groups is 2. The summed E-state index contributed by atoms with van der Waals surface area (Å²) in [5.41, 5.74) is 9.95. The number of primary amides is 1. The van der Waals surface area contributed by atoms with Crippen LogP contribution in [0.2, 0.25) is 0 Å². The summed E-state index contributed by atoms with van der Waals surface area (Å²) in [7, 11) is 0. The third kappa shape index (κ3) is 7.68. The van der Waals surface area contributed by atoms with E-state index in [0.717, 1.165) is 11.1 Å². The van der Waals surface area contributed by atoms with Crippen molar-refractivity contribution in [3.05, 3.63) is 58.7 Å². The Balaban J connectivity index is 2.69. The van der Waals surface area contributed by atoms with Crippen LogP contribution < -0.4 is 5.73 Å². The Hall–Kier alpha value is -2.36. The van der Waals surface area contributed by atoms with E-state index in [9.17, 15) is 9.59 Å². The third-order valence-electron chi connectivity index (χ3n) is 4.48. The van der Waals surface area contributed by atoms with Gasteiger partial charge in [-0.25, -0.2) is 4.79 Å². The van der Waals surface area contributed by atoms with Gasteiger partial charge in [-0.15, -0.1) is 0 Å². The van der Waals surface area contributed by atoms with Crippen LogP contribution >= 0.6 is 0 Å². The second kappa shape index (κ2) is 9.95. The molecule has 1 aliphatic carbocycles. The van der Waals surface area contributed by atoms with Crippen LogP contribution in [-0.2, 0) is 14.3 Å². The van der Waals surface area contributed by atoms with Crippen LogP contribution in [0.3, 0.4) is 0 Å². The molecule has 0 aliphatic heterocycles. The summed E-state index contributed by atoms with van der Waals surface area (Å²) >= 11 is 0. The van der Waals surface area contributed by atoms with Crippen molar-refractivity contribution in [1.29, 1.82) is 0 Å². The minimum Gasteiger partial charge on any atom is -0.452 e. The fourth-order valence-electron chi connectivity index (χ4n) is 3.05. The lowest BCUT2D eigenvalue weighted by Crippen LogP contribution is -2.20. The van der Waals surface area contributed by atoms with Crippen LogP contribution in [0.1, 0.15) is 53.9 Å². The maximum atomic E-state index is 11.5. The summed E-state index contributed by atoms with van der Waals surface area (Å²) in [5, 5.41) is 0. The summed E-state index contributed by atoms with van der Waals surface area (Å²) in [6.07, 6.45) is 15.1. The molecule has 0 radical (unpaired) electrons. The van der Waals surface area contributed by atoms with E-state index in [1.807, 2.05) is 25.2 Å². The van der Waals surface area contributed by atoms with Gasteiger partial charge in [0.05, 0.1) is 0 Å². The van der Waals surface area contributed by atoms with Gasteiger partial charge >= 0.3 is 5.97 Å². The van der Waals surface area contributed by atoms with Crippen LogP contribution in [-0.4, -0.2) is 18.5 Å². The standard InChI is InChI=1S/C22H31NO3/c1-16(11-12-19-18(3)10-7-13-22(19,4)5)8-6-9-17(2)14-21(25)26-15-20(23)24/h6,8-9,11-12,14H,7,10,13,15H2,1-5H3,(H2,23,24)/b9-6?,12-11?,16-8?,17-14+. The predicted molar refractivity (Wildman–Crippen MR) is 106 cm³/mol. The molecule has 0 saturated heterocycles. The summed E-state index contributed by atoms with van der Waals surface area (Å²) in [6, 6.07) is 0. The van der Waals surface area contributed by atoms with Gasteiger partial charge < -0.3 is 10.5 Å². The molecule has 0 atom stereocenters. The van der Waals surface area contributed by atoms with E-state index >= 15 is 0 Å². The van der Waals surface area contributed by atoms with Crippen molar-refractivity contribution in [3.63, 3.8) is 0 Å². The fourth-order valence-corrected chi connectivity index (χ4v) is 3.05. The van der Waals surface area contributed by atoms with Crippen LogP contribution in [0, 0.1) is 5.41 Å². The van der Waals surface area contributed by atoms with E-state index < -0.39 is 18.5 Å². The number of rotatable bonds is 7. The first-order chi connectivity index (χ1) is 12.1. The zero-order chi connectivity index (χ0) is 19.7. The molecular weight excluding hydrogens is 326 g/mol. The number of ether oxygens (including phenoxy) is 1. The maximum Gasteiger partial charge on any atom is 0.331 e. The Morgan fingerprint density at radius 3 is 2.50 bits per heavy atom. The molecule has 0 unspecified atom stereocenters. The van der Waals surface area contributed by atoms with E-state index in [2.05, 4.69) is 37.7 Å². The van der Waals surface area contributed by atoms with Crippen LogP contribution in [0.25, 0.3) is 0 Å². The van der Waals surface area contributed by atoms with E-state index in [-0.39, 0.29) is 5.41 Å². The lowest BCUT2D eigenvalue weighted by atomic mass is 9.72. The molecule has 0 bridgehead atoms. The van der Waals surface area contributed by atoms with Crippen molar-refractivity contribution in [2.45, 2.75) is 53.9 Å². The van der Waals surface area contributed by atoms with Gasteiger partial charge in [0.1, 0.15) is 0 Å². The summed E-state index contributed by atoms with van der Waals surface area (Å²) in [6.45, 7) is 10.3. The SMILES string of the molecule is CC(C=CC1=C(C)CCCC1(C)C)=CC=C/C(C)=C/C(=O)OCC(N)=O. The Bertz CT molecular complexity index is 688. The van der Waals surface area contributed by atoms with E-state index in [1.54, 1.807) is 6.92 Å². The molecule has 142 valence electrons. The second-order valence-corrected chi connectivity index (χ2v) is 7.50. The molecular formula is C22H31NO3. The second-order valence-electron chi connectivity index (χ2n) is 7.50. The molecule has 2 N–H and O–H groups in total. The summed E-state index contributed by atoms with van der Waals surface area (Å²) in [5.74, 6) is -1.25. The number of hydrogen-bond acceptors (Lipinski definition) is 3. The molecule has 0 saturated carbocycles. The quantitative estimate of drug-likeness (QED) is 0.413. The Morgan fingerprint density at radius 2 is 1.88 bits per heavy atom. The lowest BCUT2D eigenvalue weighted by molar-refractivity contribution is -0.142. The average molecular weight is 357 g/mol. The highest BCUT2D eigenvalue weighted by atomic mass is 16.5. The van der Waals surface area contributed by atoms with Gasteiger partial charge in [0.2, 0.25) is 0 Å². The van der Waals surface area contributed by atoms with E-state index in [4.69, 9.17) is 5.73 Å². The maximum absolute atomic E-state index is 11.5. The molecule has 4 heteroatoms. The largest absolute Gasteiger partial charge is 0.452 e. The molecule has 4 nitrogen and oxygen atoms in total. The van der Waals surface area contributed by atoms with Gasteiger partial charge in [-0.3, -0.25) is 4.79 Å². The normalized spacial score (nSPS) is 18.7. The Kier molecular flexibility index (Phi) is 8.30. The number of nitrogens with two attached hydrogens (primary N) is 1. The molecule has 0 aromatic carbocycles. The van der Waals surface area contributed by atoms with Gasteiger partial charge in [-0.05, 0) is 56.6 Å². The molecule has 0 fully saturated rings. The third-order valence-corrected chi connectivity index (χ3v) is 4.48. The Morgan fingerprint density at radius 1 is 1.19 bits per heavy atom. The van der Waals surface area contributed by atoms with Gasteiger partial charge in [0, 0.05) is 6.08 Å². The highest BCUT2D eigenvalue weighted by Gasteiger charge is 2.26. The van der Waals surface area contributed by atoms with Crippen LogP contribution in [0.15, 0.2) is 58.7 Å². The summed E-state index contributed by atoms with van der Waals surface area (Å²) in [4.78, 5) is 22.0. The van der Waals surface area contributed by atoms with Gasteiger partial charge in [0.15, 0.2) is 6.61 Å². The topological polar surface area (TPSA) is 69.4 Å². The number of carbonyl (C=O) groups excluding carboxylic acids is 2. The number of amides is 1. The first-order valence-corrected chi connectivity index (χ1v) is 8.98. The smallest absolute Gasteiger partial charge is 0.331 e. The predicted octanol–water partition coefficient (Wildman–Crippen LogP) is 4.55. The van der Waals surface area contributed by atoms with Gasteiger partial charge in [-0.2, -0.15) is 0 Å². The highest BCUT2D eigenvalue weighted by molar-refractivity contribution is 5.86. The highest BCUT2D eigenvalue weighted by Crippen LogP contribution is 2.40. The van der Waals surface area contributed by atoms with Crippen molar-refractivity contribution in [2.24, 2.45) is 11.1 Å². The number of esters is 1. The molecule has 1 amide bonds. The van der Waals surface area contributed by atoms with Crippen molar-refractivity contribution >= 4 is 11.9 Å². The average Bonchev–Trinajstić information content (AvgIpc) is 2.51.